The lowest BCUT2D eigenvalue weighted by molar-refractivity contribution is 0.928. The Morgan fingerprint density at radius 1 is 1.67 bits per heavy atom. The molecule has 0 saturated carbocycles. The largest absolute Gasteiger partial charge is 0.348 e. The quantitative estimate of drug-likeness (QED) is 0.488. The normalized spacial score (nSPS) is 21.4. The zero-order valence-electron chi connectivity index (χ0n) is 5.14. The van der Waals surface area contributed by atoms with Gasteiger partial charge in [-0.3, -0.25) is 0 Å². The van der Waals surface area contributed by atoms with Gasteiger partial charge in [-0.15, -0.1) is 0 Å². The number of hydrogen-bond donors (Lipinski definition) is 2. The molecule has 9 heavy (non-hydrogen) atoms. The predicted octanol–water partition coefficient (Wildman–Crippen LogP) is 0.882. The third-order valence-electron chi connectivity index (χ3n) is 1.02. The van der Waals surface area contributed by atoms with E-state index in [1.165, 1.54) is 0 Å². The summed E-state index contributed by atoms with van der Waals surface area (Å²) in [7, 11) is 0. The van der Waals surface area contributed by atoms with Gasteiger partial charge in [0.25, 0.3) is 0 Å². The summed E-state index contributed by atoms with van der Waals surface area (Å²) in [6, 6.07) is 0. The Bertz CT molecular complexity index is 181. The van der Waals surface area contributed by atoms with E-state index in [0.717, 1.165) is 10.8 Å². The number of rotatable bonds is 0. The fourth-order valence-corrected chi connectivity index (χ4v) is 0.751. The Morgan fingerprint density at radius 3 is 2.89 bits per heavy atom. The van der Waals surface area contributed by atoms with E-state index in [1.54, 1.807) is 0 Å². The molecule has 1 rings (SSSR count). The molecule has 48 valence electrons. The maximum atomic E-state index is 4.87. The minimum atomic E-state index is 0.752. The van der Waals surface area contributed by atoms with Crippen LogP contribution in [0.4, 0.5) is 0 Å². The summed E-state index contributed by atoms with van der Waals surface area (Å²) < 4.78 is 0. The van der Waals surface area contributed by atoms with Crippen LogP contribution in [0, 0.1) is 0 Å². The summed E-state index contributed by atoms with van der Waals surface area (Å²) >= 11 is 4.87. The predicted molar refractivity (Wildman–Crippen MR) is 41.8 cm³/mol. The van der Waals surface area contributed by atoms with Gasteiger partial charge in [0.05, 0.1) is 0 Å². The van der Waals surface area contributed by atoms with Crippen LogP contribution in [0.2, 0.25) is 0 Å². The van der Waals surface area contributed by atoms with Crippen LogP contribution in [0.15, 0.2) is 24.2 Å². The maximum Gasteiger partial charge on any atom is 0.106 e. The fourth-order valence-electron chi connectivity index (χ4n) is 0.573. The molecule has 1 aliphatic rings. The first kappa shape index (κ1) is 6.29. The van der Waals surface area contributed by atoms with Gasteiger partial charge in [0.2, 0.25) is 0 Å². The molecule has 0 unspecified atom stereocenters. The van der Waals surface area contributed by atoms with Gasteiger partial charge in [0.15, 0.2) is 0 Å². The number of thiocarbonyl (C=S) groups is 1. The fraction of sp³-hybridized carbons (Fsp3) is 0.167. The molecule has 3 heteroatoms. The van der Waals surface area contributed by atoms with Gasteiger partial charge in [0, 0.05) is 6.20 Å². The van der Waals surface area contributed by atoms with Crippen molar-refractivity contribution in [2.24, 2.45) is 0 Å². The van der Waals surface area contributed by atoms with Crippen LogP contribution in [-0.2, 0) is 0 Å². The molecule has 0 aromatic heterocycles. The third-order valence-corrected chi connectivity index (χ3v) is 1.26. The number of allylic oxidation sites excluding steroid dienone is 1. The zero-order valence-corrected chi connectivity index (χ0v) is 5.96. The van der Waals surface area contributed by atoms with Crippen molar-refractivity contribution in [3.05, 3.63) is 24.2 Å². The van der Waals surface area contributed by atoms with Crippen LogP contribution >= 0.6 is 12.2 Å². The Kier molecular flexibility index (Phi) is 1.85. The van der Waals surface area contributed by atoms with Gasteiger partial charge in [-0.1, -0.05) is 12.2 Å². The van der Waals surface area contributed by atoms with Crippen LogP contribution in [0.3, 0.4) is 0 Å². The van der Waals surface area contributed by atoms with Crippen LogP contribution in [0.5, 0.6) is 0 Å². The lowest BCUT2D eigenvalue weighted by Crippen LogP contribution is -2.30. The molecule has 0 aromatic carbocycles. The Hall–Kier alpha value is -0.830. The van der Waals surface area contributed by atoms with Gasteiger partial charge in [-0.25, -0.2) is 0 Å². The van der Waals surface area contributed by atoms with E-state index in [-0.39, 0.29) is 0 Å². The highest BCUT2D eigenvalue weighted by Gasteiger charge is 1.98. The molecular formula is C6H8N2S. The van der Waals surface area contributed by atoms with Crippen LogP contribution in [0.25, 0.3) is 0 Å². The van der Waals surface area contributed by atoms with Crippen LogP contribution in [-0.4, -0.2) is 4.99 Å². The summed E-state index contributed by atoms with van der Waals surface area (Å²) in [5.41, 5.74) is 0. The van der Waals surface area contributed by atoms with Crippen molar-refractivity contribution in [3.8, 4) is 0 Å². The molecule has 0 atom stereocenters. The van der Waals surface area contributed by atoms with Crippen molar-refractivity contribution < 1.29 is 0 Å². The van der Waals surface area contributed by atoms with Gasteiger partial charge in [-0.05, 0) is 19.1 Å². The minimum absolute atomic E-state index is 0.752. The minimum Gasteiger partial charge on any atom is -0.348 e. The second-order valence-corrected chi connectivity index (χ2v) is 2.11. The SMILES string of the molecule is C/C=C1\NC=CC(=S)N1. The Morgan fingerprint density at radius 2 is 2.44 bits per heavy atom. The van der Waals surface area contributed by atoms with E-state index in [4.69, 9.17) is 12.2 Å². The first-order chi connectivity index (χ1) is 4.33. The Balaban J connectivity index is 2.68. The average Bonchev–Trinajstić information content (AvgIpc) is 1.88. The van der Waals surface area contributed by atoms with Gasteiger partial charge >= 0.3 is 0 Å². The molecule has 0 saturated heterocycles. The second kappa shape index (κ2) is 2.64. The summed E-state index contributed by atoms with van der Waals surface area (Å²) in [4.78, 5) is 0.752. The molecule has 1 heterocycles. The lowest BCUT2D eigenvalue weighted by atomic mass is 10.4. The molecule has 2 N–H and O–H groups in total. The molecule has 0 aromatic rings. The summed E-state index contributed by atoms with van der Waals surface area (Å²) in [6.45, 7) is 1.94. The average molecular weight is 140 g/mol. The van der Waals surface area contributed by atoms with E-state index < -0.39 is 0 Å². The van der Waals surface area contributed by atoms with Gasteiger partial charge in [-0.2, -0.15) is 0 Å². The van der Waals surface area contributed by atoms with Crippen molar-refractivity contribution in [1.29, 1.82) is 0 Å². The van der Waals surface area contributed by atoms with Crippen molar-refractivity contribution >= 4 is 17.2 Å². The van der Waals surface area contributed by atoms with Crippen LogP contribution in [0.1, 0.15) is 6.92 Å². The molecule has 0 radical (unpaired) electrons. The number of nitrogens with one attached hydrogen (secondary N) is 2. The van der Waals surface area contributed by atoms with E-state index in [0.29, 0.717) is 0 Å². The van der Waals surface area contributed by atoms with Crippen molar-refractivity contribution in [2.75, 3.05) is 0 Å². The highest BCUT2D eigenvalue weighted by atomic mass is 32.1. The van der Waals surface area contributed by atoms with E-state index in [1.807, 2.05) is 25.3 Å². The Labute approximate surface area is 59.6 Å². The molecule has 0 bridgehead atoms. The second-order valence-electron chi connectivity index (χ2n) is 1.67. The van der Waals surface area contributed by atoms with Crippen LogP contribution < -0.4 is 10.6 Å². The first-order valence-corrected chi connectivity index (χ1v) is 3.14. The van der Waals surface area contributed by atoms with Crippen molar-refractivity contribution in [3.63, 3.8) is 0 Å². The monoisotopic (exact) mass is 140 g/mol. The zero-order chi connectivity index (χ0) is 6.69. The molecule has 0 spiro atoms. The summed E-state index contributed by atoms with van der Waals surface area (Å²) in [5.74, 6) is 0.947. The van der Waals surface area contributed by atoms with Crippen molar-refractivity contribution in [2.45, 2.75) is 6.92 Å². The van der Waals surface area contributed by atoms with E-state index in [2.05, 4.69) is 10.6 Å². The molecule has 0 fully saturated rings. The molecule has 0 amide bonds. The van der Waals surface area contributed by atoms with Gasteiger partial charge < -0.3 is 10.6 Å². The highest BCUT2D eigenvalue weighted by molar-refractivity contribution is 7.80. The van der Waals surface area contributed by atoms with Crippen molar-refractivity contribution in [1.82, 2.24) is 10.6 Å². The van der Waals surface area contributed by atoms with E-state index >= 15 is 0 Å². The van der Waals surface area contributed by atoms with E-state index in [9.17, 15) is 0 Å². The van der Waals surface area contributed by atoms with Gasteiger partial charge in [0.1, 0.15) is 10.8 Å². The molecular weight excluding hydrogens is 132 g/mol. The standard InChI is InChI=1S/C6H8N2S/c1-2-5-7-4-3-6(9)8-5/h2-4,7H,1H3,(H,8,9)/b5-2+. The molecule has 0 aliphatic carbocycles. The molecule has 2 nitrogen and oxygen atoms in total. The maximum absolute atomic E-state index is 4.87. The summed E-state index contributed by atoms with van der Waals surface area (Å²) in [5, 5.41) is 5.94. The molecule has 1 aliphatic heterocycles. The first-order valence-electron chi connectivity index (χ1n) is 2.73. The topological polar surface area (TPSA) is 24.1 Å². The summed E-state index contributed by atoms with van der Waals surface area (Å²) in [6.07, 6.45) is 5.55. The lowest BCUT2D eigenvalue weighted by Gasteiger charge is -2.12. The smallest absolute Gasteiger partial charge is 0.106 e. The highest BCUT2D eigenvalue weighted by Crippen LogP contribution is 1.90. The third kappa shape index (κ3) is 1.54. The number of hydrogen-bond acceptors (Lipinski definition) is 2.